The molecule has 130 valence electrons. The zero-order chi connectivity index (χ0) is 17.5. The van der Waals surface area contributed by atoms with Gasteiger partial charge in [-0.3, -0.25) is 14.5 Å². The molecular formula is C19H26N2O2S. The summed E-state index contributed by atoms with van der Waals surface area (Å²) in [5, 5.41) is 0. The molecule has 4 nitrogen and oxygen atoms in total. The number of likely N-dealkylation sites (tertiary alicyclic amines) is 1. The van der Waals surface area contributed by atoms with E-state index in [0.717, 1.165) is 37.2 Å². The van der Waals surface area contributed by atoms with E-state index in [1.165, 1.54) is 0 Å². The van der Waals surface area contributed by atoms with Crippen molar-refractivity contribution in [2.45, 2.75) is 45.4 Å². The summed E-state index contributed by atoms with van der Waals surface area (Å²) in [7, 11) is 0. The average Bonchev–Trinajstić information content (AvgIpc) is 2.83. The van der Waals surface area contributed by atoms with E-state index < -0.39 is 0 Å². The first kappa shape index (κ1) is 17.3. The van der Waals surface area contributed by atoms with Crippen molar-refractivity contribution in [3.05, 3.63) is 29.8 Å². The summed E-state index contributed by atoms with van der Waals surface area (Å²) < 4.78 is 0. The van der Waals surface area contributed by atoms with Crippen molar-refractivity contribution in [3.8, 4) is 0 Å². The van der Waals surface area contributed by atoms with Gasteiger partial charge in [-0.1, -0.05) is 32.9 Å². The first-order valence-corrected chi connectivity index (χ1v) is 9.55. The fourth-order valence-corrected chi connectivity index (χ4v) is 4.93. The second kappa shape index (κ2) is 6.10. The van der Waals surface area contributed by atoms with Crippen molar-refractivity contribution in [1.29, 1.82) is 0 Å². The summed E-state index contributed by atoms with van der Waals surface area (Å²) in [5.74, 6) is 0.913. The van der Waals surface area contributed by atoms with Gasteiger partial charge in [0.05, 0.1) is 10.6 Å². The van der Waals surface area contributed by atoms with Crippen LogP contribution in [0.3, 0.4) is 0 Å². The molecule has 2 heterocycles. The Bertz CT molecular complexity index is 658. The number of rotatable bonds is 1. The summed E-state index contributed by atoms with van der Waals surface area (Å²) >= 11 is 1.74. The monoisotopic (exact) mass is 346 g/mol. The third kappa shape index (κ3) is 3.06. The first-order valence-electron chi connectivity index (χ1n) is 8.56. The lowest BCUT2D eigenvalue weighted by molar-refractivity contribution is -0.140. The molecule has 0 saturated carbocycles. The molecule has 2 fully saturated rings. The molecule has 1 aromatic rings. The van der Waals surface area contributed by atoms with E-state index in [0.29, 0.717) is 5.75 Å². The molecule has 0 aromatic heterocycles. The summed E-state index contributed by atoms with van der Waals surface area (Å²) in [6.07, 6.45) is 1.67. The molecule has 0 atom stereocenters. The Hall–Kier alpha value is -1.49. The number of piperidine rings is 1. The molecule has 2 aliphatic heterocycles. The Morgan fingerprint density at radius 3 is 2.46 bits per heavy atom. The molecule has 1 spiro atoms. The quantitative estimate of drug-likeness (QED) is 0.782. The van der Waals surface area contributed by atoms with Crippen LogP contribution >= 0.6 is 11.8 Å². The summed E-state index contributed by atoms with van der Waals surface area (Å²) in [5.41, 5.74) is 1.80. The van der Waals surface area contributed by atoms with E-state index in [9.17, 15) is 9.59 Å². The van der Waals surface area contributed by atoms with Crippen LogP contribution in [0.25, 0.3) is 0 Å². The molecule has 0 unspecified atom stereocenters. The lowest BCUT2D eigenvalue weighted by atomic mass is 9.92. The SMILES string of the molecule is Cc1cccc(N2C(=O)CSC23CCN(C(=O)C(C)(C)C)CC3)c1. The summed E-state index contributed by atoms with van der Waals surface area (Å²) in [4.78, 5) is 28.8. The highest BCUT2D eigenvalue weighted by atomic mass is 32.2. The van der Waals surface area contributed by atoms with E-state index in [4.69, 9.17) is 0 Å². The van der Waals surface area contributed by atoms with Gasteiger partial charge >= 0.3 is 0 Å². The Morgan fingerprint density at radius 1 is 1.21 bits per heavy atom. The van der Waals surface area contributed by atoms with E-state index in [1.807, 2.05) is 42.7 Å². The fourth-order valence-electron chi connectivity index (χ4n) is 3.60. The molecule has 0 aliphatic carbocycles. The van der Waals surface area contributed by atoms with E-state index in [2.05, 4.69) is 19.1 Å². The third-order valence-corrected chi connectivity index (χ3v) is 6.37. The number of nitrogens with zero attached hydrogens (tertiary/aromatic N) is 2. The van der Waals surface area contributed by atoms with Gasteiger partial charge in [-0.25, -0.2) is 0 Å². The topological polar surface area (TPSA) is 40.6 Å². The van der Waals surface area contributed by atoms with Gasteiger partial charge in [-0.15, -0.1) is 11.8 Å². The van der Waals surface area contributed by atoms with Crippen LogP contribution in [0.4, 0.5) is 5.69 Å². The number of benzene rings is 1. The van der Waals surface area contributed by atoms with Crippen molar-refractivity contribution in [2.24, 2.45) is 5.41 Å². The van der Waals surface area contributed by atoms with Crippen molar-refractivity contribution in [1.82, 2.24) is 4.90 Å². The van der Waals surface area contributed by atoms with Crippen LogP contribution in [0.15, 0.2) is 24.3 Å². The van der Waals surface area contributed by atoms with Crippen LogP contribution < -0.4 is 4.90 Å². The van der Waals surface area contributed by atoms with Crippen molar-refractivity contribution >= 4 is 29.3 Å². The lowest BCUT2D eigenvalue weighted by Crippen LogP contribution is -2.54. The van der Waals surface area contributed by atoms with Crippen LogP contribution in [0, 0.1) is 12.3 Å². The fraction of sp³-hybridized carbons (Fsp3) is 0.579. The smallest absolute Gasteiger partial charge is 0.238 e. The average molecular weight is 346 g/mol. The van der Waals surface area contributed by atoms with Crippen molar-refractivity contribution < 1.29 is 9.59 Å². The molecule has 0 bridgehead atoms. The van der Waals surface area contributed by atoms with E-state index in [-0.39, 0.29) is 22.1 Å². The highest BCUT2D eigenvalue weighted by molar-refractivity contribution is 8.02. The predicted molar refractivity (Wildman–Crippen MR) is 99.1 cm³/mol. The number of aryl methyl sites for hydroxylation is 1. The number of anilines is 1. The Kier molecular flexibility index (Phi) is 4.41. The largest absolute Gasteiger partial charge is 0.342 e. The molecule has 3 rings (SSSR count). The second-order valence-corrected chi connectivity index (χ2v) is 9.18. The number of thioether (sulfide) groups is 1. The van der Waals surface area contributed by atoms with Gasteiger partial charge in [0.15, 0.2) is 0 Å². The standard InChI is InChI=1S/C19H26N2O2S/c1-14-6-5-7-15(12-14)21-16(22)13-24-19(21)8-10-20(11-9-19)17(23)18(2,3)4/h5-7,12H,8-11,13H2,1-4H3. The maximum absolute atomic E-state index is 12.6. The van der Waals surface area contributed by atoms with Crippen LogP contribution in [0.1, 0.15) is 39.2 Å². The summed E-state index contributed by atoms with van der Waals surface area (Å²) in [6, 6.07) is 8.16. The highest BCUT2D eigenvalue weighted by Gasteiger charge is 2.49. The Labute approximate surface area is 148 Å². The molecule has 0 radical (unpaired) electrons. The Morgan fingerprint density at radius 2 is 1.88 bits per heavy atom. The normalized spacial score (nSPS) is 20.8. The molecule has 5 heteroatoms. The van der Waals surface area contributed by atoms with Crippen molar-refractivity contribution in [3.63, 3.8) is 0 Å². The Balaban J connectivity index is 1.81. The van der Waals surface area contributed by atoms with Gasteiger partial charge in [-0.2, -0.15) is 0 Å². The second-order valence-electron chi connectivity index (χ2n) is 7.85. The molecule has 2 amide bonds. The summed E-state index contributed by atoms with van der Waals surface area (Å²) in [6.45, 7) is 9.39. The maximum Gasteiger partial charge on any atom is 0.238 e. The third-order valence-electron chi connectivity index (χ3n) is 4.85. The van der Waals surface area contributed by atoms with Gasteiger partial charge in [0.1, 0.15) is 0 Å². The van der Waals surface area contributed by atoms with Gasteiger partial charge < -0.3 is 4.90 Å². The first-order chi connectivity index (χ1) is 11.2. The minimum absolute atomic E-state index is 0.182. The van der Waals surface area contributed by atoms with Crippen LogP contribution in [0.5, 0.6) is 0 Å². The number of carbonyl (C=O) groups excluding carboxylic acids is 2. The highest BCUT2D eigenvalue weighted by Crippen LogP contribution is 2.47. The van der Waals surface area contributed by atoms with Gasteiger partial charge in [0, 0.05) is 24.2 Å². The van der Waals surface area contributed by atoms with Gasteiger partial charge in [0.2, 0.25) is 11.8 Å². The zero-order valence-corrected chi connectivity index (χ0v) is 15.8. The number of hydrogen-bond donors (Lipinski definition) is 0. The van der Waals surface area contributed by atoms with E-state index >= 15 is 0 Å². The van der Waals surface area contributed by atoms with Crippen molar-refractivity contribution in [2.75, 3.05) is 23.7 Å². The molecule has 24 heavy (non-hydrogen) atoms. The van der Waals surface area contributed by atoms with Crippen LogP contribution in [-0.4, -0.2) is 40.4 Å². The molecule has 2 saturated heterocycles. The lowest BCUT2D eigenvalue weighted by Gasteiger charge is -2.45. The number of carbonyl (C=O) groups is 2. The van der Waals surface area contributed by atoms with Gasteiger partial charge in [-0.05, 0) is 37.5 Å². The zero-order valence-electron chi connectivity index (χ0n) is 15.0. The minimum atomic E-state index is -0.348. The number of hydrogen-bond acceptors (Lipinski definition) is 3. The van der Waals surface area contributed by atoms with Crippen LogP contribution in [0.2, 0.25) is 0 Å². The van der Waals surface area contributed by atoms with Gasteiger partial charge in [0.25, 0.3) is 0 Å². The maximum atomic E-state index is 12.6. The number of amides is 2. The molecule has 2 aliphatic rings. The molecule has 1 aromatic carbocycles. The van der Waals surface area contributed by atoms with E-state index in [1.54, 1.807) is 11.8 Å². The van der Waals surface area contributed by atoms with Crippen LogP contribution in [-0.2, 0) is 9.59 Å². The molecule has 0 N–H and O–H groups in total. The predicted octanol–water partition coefficient (Wildman–Crippen LogP) is 3.44. The molecular weight excluding hydrogens is 320 g/mol. The minimum Gasteiger partial charge on any atom is -0.342 e.